The lowest BCUT2D eigenvalue weighted by Crippen LogP contribution is -2.54. The molecular weight excluding hydrogens is 388 g/mol. The van der Waals surface area contributed by atoms with E-state index in [1.807, 2.05) is 60.7 Å². The summed E-state index contributed by atoms with van der Waals surface area (Å²) in [6.45, 7) is 0.441. The molecule has 3 aromatic carbocycles. The summed E-state index contributed by atoms with van der Waals surface area (Å²) in [4.78, 5) is 15.3. The van der Waals surface area contributed by atoms with E-state index in [9.17, 15) is 10.1 Å². The normalized spacial score (nSPS) is 17.4. The SMILES string of the molecule is COc1cc2c(cc1OC)C(C#N)(Cc1ccccc1)N(C(=O)c1ccccc1)CC2. The molecule has 156 valence electrons. The van der Waals surface area contributed by atoms with Crippen LogP contribution in [-0.2, 0) is 18.4 Å². The van der Waals surface area contributed by atoms with Crippen molar-refractivity contribution in [3.8, 4) is 17.6 Å². The van der Waals surface area contributed by atoms with Gasteiger partial charge in [0, 0.05) is 18.5 Å². The van der Waals surface area contributed by atoms with Crippen molar-refractivity contribution in [3.63, 3.8) is 0 Å². The highest BCUT2D eigenvalue weighted by Crippen LogP contribution is 2.43. The van der Waals surface area contributed by atoms with Gasteiger partial charge in [-0.1, -0.05) is 48.5 Å². The monoisotopic (exact) mass is 412 g/mol. The Morgan fingerprint density at radius 3 is 2.23 bits per heavy atom. The average molecular weight is 412 g/mol. The van der Waals surface area contributed by atoms with Crippen LogP contribution in [0.1, 0.15) is 27.0 Å². The van der Waals surface area contributed by atoms with Gasteiger partial charge in [-0.3, -0.25) is 4.79 Å². The van der Waals surface area contributed by atoms with Crippen LogP contribution in [0.5, 0.6) is 11.5 Å². The van der Waals surface area contributed by atoms with Crippen molar-refractivity contribution in [1.82, 2.24) is 4.90 Å². The van der Waals surface area contributed by atoms with Gasteiger partial charge in [-0.2, -0.15) is 5.26 Å². The number of carbonyl (C=O) groups excluding carboxylic acids is 1. The van der Waals surface area contributed by atoms with Crippen molar-refractivity contribution in [1.29, 1.82) is 5.26 Å². The van der Waals surface area contributed by atoms with Crippen LogP contribution in [-0.4, -0.2) is 31.6 Å². The van der Waals surface area contributed by atoms with Gasteiger partial charge in [-0.25, -0.2) is 0 Å². The van der Waals surface area contributed by atoms with E-state index in [1.165, 1.54) is 0 Å². The van der Waals surface area contributed by atoms with Crippen LogP contribution in [0.2, 0.25) is 0 Å². The van der Waals surface area contributed by atoms with Crippen LogP contribution < -0.4 is 9.47 Å². The molecule has 31 heavy (non-hydrogen) atoms. The molecule has 0 aromatic heterocycles. The third-order valence-electron chi connectivity index (χ3n) is 5.87. The molecule has 1 heterocycles. The van der Waals surface area contributed by atoms with Crippen molar-refractivity contribution in [3.05, 3.63) is 95.1 Å². The standard InChI is InChI=1S/C26H24N2O3/c1-30-23-15-21-13-14-28(25(29)20-11-7-4-8-12-20)26(18-27,22(21)16-24(23)31-2)17-19-9-5-3-6-10-19/h3-12,15-16H,13-14,17H2,1-2H3. The van der Waals surface area contributed by atoms with Crippen molar-refractivity contribution >= 4 is 5.91 Å². The minimum atomic E-state index is -1.17. The van der Waals surface area contributed by atoms with Crippen LogP contribution in [0, 0.1) is 11.3 Å². The van der Waals surface area contributed by atoms with Gasteiger partial charge in [0.25, 0.3) is 5.91 Å². The predicted octanol–water partition coefficient (Wildman–Crippen LogP) is 4.36. The van der Waals surface area contributed by atoms with Crippen LogP contribution in [0.3, 0.4) is 0 Å². The molecule has 0 saturated heterocycles. The van der Waals surface area contributed by atoms with Crippen molar-refractivity contribution in [2.45, 2.75) is 18.4 Å². The molecule has 0 fully saturated rings. The number of nitriles is 1. The maximum absolute atomic E-state index is 13.6. The Balaban J connectivity index is 1.91. The highest BCUT2D eigenvalue weighted by Gasteiger charge is 2.46. The molecule has 0 aliphatic carbocycles. The third-order valence-corrected chi connectivity index (χ3v) is 5.87. The molecule has 1 aliphatic rings. The second-order valence-corrected chi connectivity index (χ2v) is 7.57. The highest BCUT2D eigenvalue weighted by molar-refractivity contribution is 5.95. The van der Waals surface area contributed by atoms with E-state index >= 15 is 0 Å². The Hall–Kier alpha value is -3.78. The number of rotatable bonds is 5. The Morgan fingerprint density at radius 1 is 1.00 bits per heavy atom. The molecule has 5 heteroatoms. The Kier molecular flexibility index (Phi) is 5.64. The number of amides is 1. The first kappa shape index (κ1) is 20.5. The first-order valence-electron chi connectivity index (χ1n) is 10.2. The summed E-state index contributed by atoms with van der Waals surface area (Å²) in [5.74, 6) is 1.01. The van der Waals surface area contributed by atoms with Gasteiger partial charge in [0.2, 0.25) is 0 Å². The summed E-state index contributed by atoms with van der Waals surface area (Å²) in [5, 5.41) is 10.6. The zero-order valence-electron chi connectivity index (χ0n) is 17.7. The van der Waals surface area contributed by atoms with E-state index in [4.69, 9.17) is 9.47 Å². The Bertz CT molecular complexity index is 1120. The number of hydrogen-bond acceptors (Lipinski definition) is 4. The first-order chi connectivity index (χ1) is 15.1. The number of carbonyl (C=O) groups is 1. The molecule has 1 atom stereocenters. The van der Waals surface area contributed by atoms with E-state index in [1.54, 1.807) is 31.3 Å². The van der Waals surface area contributed by atoms with E-state index in [0.717, 1.165) is 16.7 Å². The summed E-state index contributed by atoms with van der Waals surface area (Å²) >= 11 is 0. The Labute approximate surface area is 182 Å². The summed E-state index contributed by atoms with van der Waals surface area (Å²) in [6.07, 6.45) is 1.01. The zero-order chi connectivity index (χ0) is 21.8. The number of hydrogen-bond donors (Lipinski definition) is 0. The maximum atomic E-state index is 13.6. The summed E-state index contributed by atoms with van der Waals surface area (Å²) in [7, 11) is 3.17. The van der Waals surface area contributed by atoms with Crippen LogP contribution in [0.25, 0.3) is 0 Å². The van der Waals surface area contributed by atoms with Gasteiger partial charge < -0.3 is 14.4 Å². The Morgan fingerprint density at radius 2 is 1.61 bits per heavy atom. The van der Waals surface area contributed by atoms with Gasteiger partial charge in [-0.05, 0) is 47.4 Å². The largest absolute Gasteiger partial charge is 0.493 e. The average Bonchev–Trinajstić information content (AvgIpc) is 2.84. The molecule has 0 radical (unpaired) electrons. The van der Waals surface area contributed by atoms with Gasteiger partial charge in [0.05, 0.1) is 20.3 Å². The number of methoxy groups -OCH3 is 2. The van der Waals surface area contributed by atoms with E-state index in [2.05, 4.69) is 6.07 Å². The lowest BCUT2D eigenvalue weighted by molar-refractivity contribution is 0.0550. The maximum Gasteiger partial charge on any atom is 0.255 e. The molecule has 4 rings (SSSR count). The molecule has 3 aromatic rings. The van der Waals surface area contributed by atoms with Crippen molar-refractivity contribution in [2.75, 3.05) is 20.8 Å². The molecule has 0 bridgehead atoms. The first-order valence-corrected chi connectivity index (χ1v) is 10.2. The second kappa shape index (κ2) is 8.53. The number of nitrogens with zero attached hydrogens (tertiary/aromatic N) is 2. The molecule has 5 nitrogen and oxygen atoms in total. The molecular formula is C26H24N2O3. The molecule has 0 N–H and O–H groups in total. The smallest absolute Gasteiger partial charge is 0.255 e. The van der Waals surface area contributed by atoms with Gasteiger partial charge in [0.15, 0.2) is 17.0 Å². The van der Waals surface area contributed by atoms with Crippen LogP contribution in [0.15, 0.2) is 72.8 Å². The van der Waals surface area contributed by atoms with Gasteiger partial charge in [-0.15, -0.1) is 0 Å². The lowest BCUT2D eigenvalue weighted by Gasteiger charge is -2.44. The van der Waals surface area contributed by atoms with E-state index in [0.29, 0.717) is 36.4 Å². The minimum absolute atomic E-state index is 0.154. The third kappa shape index (κ3) is 3.62. The minimum Gasteiger partial charge on any atom is -0.493 e. The highest BCUT2D eigenvalue weighted by atomic mass is 16.5. The number of ether oxygens (including phenoxy) is 2. The fraction of sp³-hybridized carbons (Fsp3) is 0.231. The second-order valence-electron chi connectivity index (χ2n) is 7.57. The summed E-state index contributed by atoms with van der Waals surface area (Å²) < 4.78 is 11.0. The predicted molar refractivity (Wildman–Crippen MR) is 118 cm³/mol. The lowest BCUT2D eigenvalue weighted by atomic mass is 9.76. The molecule has 0 spiro atoms. The van der Waals surface area contributed by atoms with Crippen molar-refractivity contribution in [2.24, 2.45) is 0 Å². The fourth-order valence-corrected chi connectivity index (χ4v) is 4.33. The number of benzene rings is 3. The summed E-state index contributed by atoms with van der Waals surface area (Å²) in [6, 6.07) is 25.2. The zero-order valence-corrected chi connectivity index (χ0v) is 17.7. The molecule has 1 unspecified atom stereocenters. The number of fused-ring (bicyclic) bond motifs is 1. The quantitative estimate of drug-likeness (QED) is 0.625. The van der Waals surface area contributed by atoms with E-state index < -0.39 is 5.54 Å². The topological polar surface area (TPSA) is 62.6 Å². The van der Waals surface area contributed by atoms with Gasteiger partial charge in [0.1, 0.15) is 0 Å². The van der Waals surface area contributed by atoms with Crippen molar-refractivity contribution < 1.29 is 14.3 Å². The summed E-state index contributed by atoms with van der Waals surface area (Å²) in [5.41, 5.74) is 2.16. The molecule has 1 amide bonds. The molecule has 1 aliphatic heterocycles. The van der Waals surface area contributed by atoms with E-state index in [-0.39, 0.29) is 5.91 Å². The molecule has 0 saturated carbocycles. The van der Waals surface area contributed by atoms with Crippen LogP contribution in [0.4, 0.5) is 0 Å². The van der Waals surface area contributed by atoms with Crippen LogP contribution >= 0.6 is 0 Å². The van der Waals surface area contributed by atoms with Gasteiger partial charge >= 0.3 is 0 Å². The fourth-order valence-electron chi connectivity index (χ4n) is 4.33.